The zero-order valence-corrected chi connectivity index (χ0v) is 14.1. The van der Waals surface area contributed by atoms with E-state index >= 15 is 0 Å². The topological polar surface area (TPSA) is 53.4 Å². The second-order valence-electron chi connectivity index (χ2n) is 5.90. The van der Waals surface area contributed by atoms with E-state index in [0.717, 1.165) is 23.8 Å². The molecule has 2 rings (SSSR count). The average molecular weight is 310 g/mol. The van der Waals surface area contributed by atoms with Gasteiger partial charge in [-0.2, -0.15) is 0 Å². The Morgan fingerprint density at radius 3 is 2.57 bits per heavy atom. The van der Waals surface area contributed by atoms with Crippen molar-refractivity contribution in [2.24, 2.45) is 0 Å². The maximum absolute atomic E-state index is 11.5. The first-order chi connectivity index (χ1) is 10.1. The number of hydrogen-bond acceptors (Lipinski definition) is 4. The van der Waals surface area contributed by atoms with Crippen LogP contribution >= 0.6 is 11.3 Å². The van der Waals surface area contributed by atoms with Crippen LogP contribution in [0.5, 0.6) is 0 Å². The molecule has 1 fully saturated rings. The average Bonchev–Trinajstić information content (AvgIpc) is 2.93. The van der Waals surface area contributed by atoms with Crippen LogP contribution in [0, 0.1) is 0 Å². The van der Waals surface area contributed by atoms with Gasteiger partial charge in [0.15, 0.2) is 5.13 Å². The largest absolute Gasteiger partial charge is 0.477 e. The third-order valence-electron chi connectivity index (χ3n) is 4.52. The molecule has 1 aromatic rings. The zero-order valence-electron chi connectivity index (χ0n) is 13.3. The molecule has 0 radical (unpaired) electrons. The minimum atomic E-state index is -0.839. The van der Waals surface area contributed by atoms with E-state index in [1.165, 1.54) is 43.4 Å². The van der Waals surface area contributed by atoms with Crippen molar-refractivity contribution < 1.29 is 9.90 Å². The van der Waals surface area contributed by atoms with Gasteiger partial charge in [0.05, 0.1) is 5.69 Å². The lowest BCUT2D eigenvalue weighted by Crippen LogP contribution is -2.36. The molecule has 0 spiro atoms. The van der Waals surface area contributed by atoms with Crippen molar-refractivity contribution in [2.75, 3.05) is 11.4 Å². The van der Waals surface area contributed by atoms with Crippen molar-refractivity contribution in [3.63, 3.8) is 0 Å². The van der Waals surface area contributed by atoms with Gasteiger partial charge in [0.25, 0.3) is 0 Å². The summed E-state index contributed by atoms with van der Waals surface area (Å²) < 4.78 is 0. The molecule has 0 aliphatic heterocycles. The Balaban J connectivity index is 2.30. The number of nitrogens with zero attached hydrogens (tertiary/aromatic N) is 2. The van der Waals surface area contributed by atoms with Gasteiger partial charge < -0.3 is 10.0 Å². The summed E-state index contributed by atoms with van der Waals surface area (Å²) in [5.41, 5.74) is 0.763. The van der Waals surface area contributed by atoms with Crippen molar-refractivity contribution in [1.82, 2.24) is 4.98 Å². The third-order valence-corrected chi connectivity index (χ3v) is 5.61. The highest BCUT2D eigenvalue weighted by Crippen LogP contribution is 2.35. The van der Waals surface area contributed by atoms with Gasteiger partial charge in [-0.25, -0.2) is 9.78 Å². The molecular formula is C16H26N2O2S. The normalized spacial score (nSPS) is 17.7. The molecule has 1 N–H and O–H groups in total. The van der Waals surface area contributed by atoms with Crippen LogP contribution < -0.4 is 4.90 Å². The van der Waals surface area contributed by atoms with Gasteiger partial charge in [0.1, 0.15) is 4.88 Å². The van der Waals surface area contributed by atoms with E-state index in [1.54, 1.807) is 0 Å². The van der Waals surface area contributed by atoms with Gasteiger partial charge in [0.2, 0.25) is 0 Å². The van der Waals surface area contributed by atoms with E-state index in [9.17, 15) is 9.90 Å². The molecule has 5 heteroatoms. The molecule has 1 atom stereocenters. The summed E-state index contributed by atoms with van der Waals surface area (Å²) in [7, 11) is 0. The third kappa shape index (κ3) is 3.57. The van der Waals surface area contributed by atoms with Crippen molar-refractivity contribution in [2.45, 2.75) is 71.3 Å². The lowest BCUT2D eigenvalue weighted by atomic mass is 9.94. The Hall–Kier alpha value is -1.10. The van der Waals surface area contributed by atoms with E-state index < -0.39 is 5.97 Å². The molecule has 0 amide bonds. The van der Waals surface area contributed by atoms with Crippen LogP contribution in [0.25, 0.3) is 0 Å². The quantitative estimate of drug-likeness (QED) is 0.839. The first-order valence-electron chi connectivity index (χ1n) is 8.09. The molecule has 1 aliphatic carbocycles. The molecule has 1 aromatic heterocycles. The van der Waals surface area contributed by atoms with Crippen LogP contribution in [-0.2, 0) is 0 Å². The zero-order chi connectivity index (χ0) is 15.4. The number of aromatic nitrogens is 1. The highest BCUT2D eigenvalue weighted by Gasteiger charge is 2.27. The van der Waals surface area contributed by atoms with E-state index in [2.05, 4.69) is 25.7 Å². The van der Waals surface area contributed by atoms with Crippen LogP contribution in [0.4, 0.5) is 5.13 Å². The molecular weight excluding hydrogens is 284 g/mol. The Morgan fingerprint density at radius 1 is 1.38 bits per heavy atom. The summed E-state index contributed by atoms with van der Waals surface area (Å²) in [6.07, 6.45) is 7.19. The first-order valence-corrected chi connectivity index (χ1v) is 8.90. The highest BCUT2D eigenvalue weighted by molar-refractivity contribution is 7.17. The number of aromatic carboxylic acids is 1. The Morgan fingerprint density at radius 2 is 2.05 bits per heavy atom. The van der Waals surface area contributed by atoms with Crippen molar-refractivity contribution in [3.8, 4) is 0 Å². The number of carbonyl (C=O) groups is 1. The summed E-state index contributed by atoms with van der Waals surface area (Å²) in [6, 6.07) is 0.529. The maximum Gasteiger partial charge on any atom is 0.347 e. The fraction of sp³-hybridized carbons (Fsp3) is 0.750. The monoisotopic (exact) mass is 310 g/mol. The molecule has 4 nitrogen and oxygen atoms in total. The number of thiazole rings is 1. The maximum atomic E-state index is 11.5. The van der Waals surface area contributed by atoms with Crippen LogP contribution in [-0.4, -0.2) is 28.6 Å². The summed E-state index contributed by atoms with van der Waals surface area (Å²) in [6.45, 7) is 7.17. The molecule has 118 valence electrons. The van der Waals surface area contributed by atoms with Crippen LogP contribution in [0.2, 0.25) is 0 Å². The van der Waals surface area contributed by atoms with Gasteiger partial charge in [-0.15, -0.1) is 0 Å². The summed E-state index contributed by atoms with van der Waals surface area (Å²) >= 11 is 1.35. The number of rotatable bonds is 6. The molecule has 1 unspecified atom stereocenters. The van der Waals surface area contributed by atoms with Crippen molar-refractivity contribution in [1.29, 1.82) is 0 Å². The van der Waals surface area contributed by atoms with Gasteiger partial charge in [-0.05, 0) is 32.1 Å². The minimum Gasteiger partial charge on any atom is -0.477 e. The number of carboxylic acid groups (broad SMARTS) is 1. The summed E-state index contributed by atoms with van der Waals surface area (Å²) in [5, 5.41) is 10.3. The number of carboxylic acids is 1. The predicted octanol–water partition coefficient (Wildman–Crippen LogP) is 4.51. The van der Waals surface area contributed by atoms with Gasteiger partial charge in [-0.1, -0.05) is 44.4 Å². The minimum absolute atomic E-state index is 0.200. The van der Waals surface area contributed by atoms with E-state index in [0.29, 0.717) is 10.9 Å². The van der Waals surface area contributed by atoms with Gasteiger partial charge in [0, 0.05) is 12.6 Å². The van der Waals surface area contributed by atoms with E-state index in [4.69, 9.17) is 4.98 Å². The fourth-order valence-corrected chi connectivity index (χ4v) is 4.23. The van der Waals surface area contributed by atoms with Crippen molar-refractivity contribution >= 4 is 22.4 Å². The highest BCUT2D eigenvalue weighted by atomic mass is 32.1. The van der Waals surface area contributed by atoms with Gasteiger partial charge in [-0.3, -0.25) is 0 Å². The summed E-state index contributed by atoms with van der Waals surface area (Å²) in [4.78, 5) is 19.0. The Kier molecular flexibility index (Phi) is 5.62. The lowest BCUT2D eigenvalue weighted by molar-refractivity contribution is 0.0700. The first kappa shape index (κ1) is 16.3. The van der Waals surface area contributed by atoms with Gasteiger partial charge >= 0.3 is 5.97 Å². The molecule has 1 aliphatic rings. The summed E-state index contributed by atoms with van der Waals surface area (Å²) in [5.74, 6) is -0.639. The number of hydrogen-bond donors (Lipinski definition) is 1. The van der Waals surface area contributed by atoms with Crippen LogP contribution in [0.1, 0.15) is 80.6 Å². The fourth-order valence-electron chi connectivity index (χ4n) is 3.07. The molecule has 21 heavy (non-hydrogen) atoms. The lowest BCUT2D eigenvalue weighted by Gasteiger charge is -2.33. The molecule has 0 bridgehead atoms. The molecule has 1 saturated carbocycles. The number of anilines is 1. The second-order valence-corrected chi connectivity index (χ2v) is 6.88. The Bertz CT molecular complexity index is 481. The van der Waals surface area contributed by atoms with E-state index in [-0.39, 0.29) is 5.92 Å². The smallest absolute Gasteiger partial charge is 0.347 e. The standard InChI is InChI=1S/C16H26N2O2S/c1-4-11(3)13-14(15(19)20)21-16(17-13)18(5-2)12-9-7-6-8-10-12/h11-12H,4-10H2,1-3H3,(H,19,20). The van der Waals surface area contributed by atoms with Crippen LogP contribution in [0.3, 0.4) is 0 Å². The molecule has 1 heterocycles. The van der Waals surface area contributed by atoms with Crippen LogP contribution in [0.15, 0.2) is 0 Å². The SMILES string of the molecule is CCC(C)c1nc(N(CC)C2CCCCC2)sc1C(=O)O. The molecule has 0 saturated heterocycles. The Labute approximate surface area is 131 Å². The predicted molar refractivity (Wildman–Crippen MR) is 87.7 cm³/mol. The molecule has 0 aromatic carbocycles. The second kappa shape index (κ2) is 7.25. The van der Waals surface area contributed by atoms with Crippen molar-refractivity contribution in [3.05, 3.63) is 10.6 Å². The van der Waals surface area contributed by atoms with E-state index in [1.807, 2.05) is 0 Å².